The molecule has 6 nitrogen and oxygen atoms in total. The molecule has 92 valence electrons. The number of benzene rings is 1. The molecule has 1 aromatic carbocycles. The van der Waals surface area contributed by atoms with Gasteiger partial charge in [0.2, 0.25) is 5.95 Å². The van der Waals surface area contributed by atoms with Crippen molar-refractivity contribution in [2.45, 2.75) is 0 Å². The lowest BCUT2D eigenvalue weighted by Crippen LogP contribution is -1.98. The minimum Gasteiger partial charge on any atom is -0.357 e. The zero-order valence-electron chi connectivity index (χ0n) is 10.2. The molecule has 0 radical (unpaired) electrons. The smallest absolute Gasteiger partial charge is 0.225 e. The van der Waals surface area contributed by atoms with E-state index in [0.717, 1.165) is 16.6 Å². The van der Waals surface area contributed by atoms with Crippen LogP contribution in [0.25, 0.3) is 22.3 Å². The van der Waals surface area contributed by atoms with Crippen molar-refractivity contribution in [1.82, 2.24) is 20.2 Å². The van der Waals surface area contributed by atoms with Crippen LogP contribution in [0.5, 0.6) is 0 Å². The summed E-state index contributed by atoms with van der Waals surface area (Å²) in [5.74, 6) is 0.508. The molecule has 19 heavy (non-hydrogen) atoms. The van der Waals surface area contributed by atoms with Gasteiger partial charge in [-0.05, 0) is 12.1 Å². The Hall–Kier alpha value is -2.94. The molecule has 3 aromatic rings. The number of nitrogens with zero attached hydrogens (tertiary/aromatic N) is 4. The van der Waals surface area contributed by atoms with Crippen molar-refractivity contribution < 1.29 is 0 Å². The van der Waals surface area contributed by atoms with E-state index < -0.39 is 0 Å². The van der Waals surface area contributed by atoms with Gasteiger partial charge < -0.3 is 5.32 Å². The van der Waals surface area contributed by atoms with Gasteiger partial charge in [-0.1, -0.05) is 12.1 Å². The molecule has 0 aliphatic carbocycles. The number of fused-ring (bicyclic) bond motifs is 1. The maximum Gasteiger partial charge on any atom is 0.225 e. The van der Waals surface area contributed by atoms with Gasteiger partial charge >= 0.3 is 0 Å². The summed E-state index contributed by atoms with van der Waals surface area (Å²) in [6.07, 6.45) is 1.68. The fourth-order valence-electron chi connectivity index (χ4n) is 1.90. The SMILES string of the molecule is CNc1nc(-c2cccc(C#N)c2)c2cn[nH]c2n1. The molecule has 6 heteroatoms. The maximum absolute atomic E-state index is 8.97. The third-order valence-electron chi connectivity index (χ3n) is 2.80. The topological polar surface area (TPSA) is 90.3 Å². The molecule has 0 spiro atoms. The lowest BCUT2D eigenvalue weighted by molar-refractivity contribution is 1.09. The van der Waals surface area contributed by atoms with Crippen molar-refractivity contribution in [3.63, 3.8) is 0 Å². The molecule has 0 saturated carbocycles. The third-order valence-corrected chi connectivity index (χ3v) is 2.80. The first-order chi connectivity index (χ1) is 9.31. The summed E-state index contributed by atoms with van der Waals surface area (Å²) in [5.41, 5.74) is 2.88. The second kappa shape index (κ2) is 4.38. The van der Waals surface area contributed by atoms with Crippen molar-refractivity contribution >= 4 is 17.0 Å². The number of hydrogen-bond acceptors (Lipinski definition) is 5. The Kier molecular flexibility index (Phi) is 2.58. The first-order valence-electron chi connectivity index (χ1n) is 5.71. The Morgan fingerprint density at radius 3 is 3.00 bits per heavy atom. The van der Waals surface area contributed by atoms with Crippen LogP contribution in [-0.4, -0.2) is 27.2 Å². The second-order valence-electron chi connectivity index (χ2n) is 3.97. The van der Waals surface area contributed by atoms with E-state index in [-0.39, 0.29) is 0 Å². The Morgan fingerprint density at radius 1 is 1.32 bits per heavy atom. The van der Waals surface area contributed by atoms with Crippen LogP contribution in [0, 0.1) is 11.3 Å². The zero-order chi connectivity index (χ0) is 13.2. The highest BCUT2D eigenvalue weighted by atomic mass is 15.2. The molecule has 0 aliphatic rings. The summed E-state index contributed by atoms with van der Waals surface area (Å²) in [6, 6.07) is 9.43. The van der Waals surface area contributed by atoms with Crippen molar-refractivity contribution in [3.05, 3.63) is 36.0 Å². The van der Waals surface area contributed by atoms with Gasteiger partial charge in [0.25, 0.3) is 0 Å². The Morgan fingerprint density at radius 2 is 2.21 bits per heavy atom. The van der Waals surface area contributed by atoms with E-state index in [1.54, 1.807) is 25.4 Å². The largest absolute Gasteiger partial charge is 0.357 e. The van der Waals surface area contributed by atoms with Crippen LogP contribution < -0.4 is 5.32 Å². The standard InChI is InChI=1S/C13H10N6/c1-15-13-17-11(10-7-16-19-12(10)18-13)9-4-2-3-8(5-9)6-14/h2-5,7H,1H3,(H2,15,16,17,18,19). The van der Waals surface area contributed by atoms with Crippen LogP contribution in [0.2, 0.25) is 0 Å². The normalized spacial score (nSPS) is 10.3. The predicted octanol–water partition coefficient (Wildman–Crippen LogP) is 1.93. The molecule has 2 aromatic heterocycles. The Bertz CT molecular complexity index is 783. The summed E-state index contributed by atoms with van der Waals surface area (Å²) in [7, 11) is 1.76. The number of aromatic nitrogens is 4. The van der Waals surface area contributed by atoms with Crippen LogP contribution in [0.1, 0.15) is 5.56 Å². The van der Waals surface area contributed by atoms with Gasteiger partial charge in [0.1, 0.15) is 0 Å². The van der Waals surface area contributed by atoms with Crippen LogP contribution in [-0.2, 0) is 0 Å². The average Bonchev–Trinajstić information content (AvgIpc) is 2.94. The van der Waals surface area contributed by atoms with E-state index >= 15 is 0 Å². The van der Waals surface area contributed by atoms with Crippen LogP contribution in [0.15, 0.2) is 30.5 Å². The molecule has 0 bridgehead atoms. The summed E-state index contributed by atoms with van der Waals surface area (Å²) in [4.78, 5) is 8.72. The van der Waals surface area contributed by atoms with Crippen LogP contribution >= 0.6 is 0 Å². The Labute approximate surface area is 109 Å². The molecular formula is C13H10N6. The van der Waals surface area contributed by atoms with Gasteiger partial charge in [0, 0.05) is 12.6 Å². The first kappa shape index (κ1) is 11.2. The monoisotopic (exact) mass is 250 g/mol. The number of rotatable bonds is 2. The summed E-state index contributed by atoms with van der Waals surface area (Å²) in [5, 5.41) is 19.5. The molecule has 0 saturated heterocycles. The molecule has 0 atom stereocenters. The second-order valence-corrected chi connectivity index (χ2v) is 3.97. The summed E-state index contributed by atoms with van der Waals surface area (Å²) < 4.78 is 0. The van der Waals surface area contributed by atoms with E-state index in [4.69, 9.17) is 5.26 Å². The van der Waals surface area contributed by atoms with Gasteiger partial charge in [0.05, 0.1) is 28.9 Å². The van der Waals surface area contributed by atoms with Gasteiger partial charge in [-0.3, -0.25) is 5.10 Å². The van der Waals surface area contributed by atoms with Gasteiger partial charge in [-0.15, -0.1) is 0 Å². The molecule has 0 amide bonds. The molecule has 3 rings (SSSR count). The lowest BCUT2D eigenvalue weighted by atomic mass is 10.1. The van der Waals surface area contributed by atoms with Crippen LogP contribution in [0.4, 0.5) is 5.95 Å². The van der Waals surface area contributed by atoms with E-state index in [2.05, 4.69) is 31.6 Å². The minimum atomic E-state index is 0.508. The van der Waals surface area contributed by atoms with E-state index in [1.807, 2.05) is 12.1 Å². The fourth-order valence-corrected chi connectivity index (χ4v) is 1.90. The molecule has 0 fully saturated rings. The third kappa shape index (κ3) is 1.87. The number of nitrogens with one attached hydrogen (secondary N) is 2. The molecule has 2 N–H and O–H groups in total. The lowest BCUT2D eigenvalue weighted by Gasteiger charge is -2.05. The van der Waals surface area contributed by atoms with Crippen molar-refractivity contribution in [1.29, 1.82) is 5.26 Å². The van der Waals surface area contributed by atoms with Crippen molar-refractivity contribution in [3.8, 4) is 17.3 Å². The van der Waals surface area contributed by atoms with Crippen LogP contribution in [0.3, 0.4) is 0 Å². The zero-order valence-corrected chi connectivity index (χ0v) is 10.2. The van der Waals surface area contributed by atoms with E-state index in [9.17, 15) is 0 Å². The molecule has 2 heterocycles. The highest BCUT2D eigenvalue weighted by Gasteiger charge is 2.11. The predicted molar refractivity (Wildman–Crippen MR) is 71.4 cm³/mol. The number of aromatic amines is 1. The fraction of sp³-hybridized carbons (Fsp3) is 0.0769. The van der Waals surface area contributed by atoms with Gasteiger partial charge in [-0.25, -0.2) is 4.98 Å². The highest BCUT2D eigenvalue weighted by molar-refractivity contribution is 5.90. The molecule has 0 aliphatic heterocycles. The maximum atomic E-state index is 8.97. The quantitative estimate of drug-likeness (QED) is 0.725. The van der Waals surface area contributed by atoms with E-state index in [0.29, 0.717) is 17.2 Å². The van der Waals surface area contributed by atoms with Gasteiger partial charge in [-0.2, -0.15) is 15.3 Å². The minimum absolute atomic E-state index is 0.508. The number of H-pyrrole nitrogens is 1. The first-order valence-corrected chi connectivity index (χ1v) is 5.71. The van der Waals surface area contributed by atoms with Gasteiger partial charge in [0.15, 0.2) is 5.65 Å². The number of nitriles is 1. The van der Waals surface area contributed by atoms with E-state index in [1.165, 1.54) is 0 Å². The summed E-state index contributed by atoms with van der Waals surface area (Å²) >= 11 is 0. The van der Waals surface area contributed by atoms with Crippen molar-refractivity contribution in [2.24, 2.45) is 0 Å². The molecular weight excluding hydrogens is 240 g/mol. The molecule has 0 unspecified atom stereocenters. The number of hydrogen-bond donors (Lipinski definition) is 2. The average molecular weight is 250 g/mol. The Balaban J connectivity index is 2.28. The summed E-state index contributed by atoms with van der Waals surface area (Å²) in [6.45, 7) is 0. The number of anilines is 1. The highest BCUT2D eigenvalue weighted by Crippen LogP contribution is 2.26. The van der Waals surface area contributed by atoms with Crippen molar-refractivity contribution in [2.75, 3.05) is 12.4 Å².